The standard InChI is InChI=1S/C25H26N6O3S/c1-30(2)25(32)17-8-12-19(13-9-17)35(33,34)29-18-10-6-15(7-11-18)20-14-21(16-4-5-16)27-24-22(20)23(26)28-31(24)3/h6-14,16,29H,4-5H2,1-3H3,(H2,26,28). The van der Waals surface area contributed by atoms with Gasteiger partial charge in [-0.1, -0.05) is 12.1 Å². The van der Waals surface area contributed by atoms with Crippen LogP contribution in [-0.2, 0) is 17.1 Å². The van der Waals surface area contributed by atoms with Gasteiger partial charge in [-0.15, -0.1) is 0 Å². The van der Waals surface area contributed by atoms with Crippen LogP contribution in [0.3, 0.4) is 0 Å². The number of carbonyl (C=O) groups is 1. The molecule has 2 aromatic heterocycles. The molecule has 0 radical (unpaired) electrons. The van der Waals surface area contributed by atoms with Gasteiger partial charge in [-0.25, -0.2) is 18.1 Å². The minimum Gasteiger partial charge on any atom is -0.382 e. The van der Waals surface area contributed by atoms with E-state index in [1.54, 1.807) is 30.9 Å². The highest BCUT2D eigenvalue weighted by atomic mass is 32.2. The number of nitrogens with zero attached hydrogens (tertiary/aromatic N) is 4. The number of amides is 1. The molecule has 2 aromatic carbocycles. The monoisotopic (exact) mass is 490 g/mol. The molecule has 1 aliphatic carbocycles. The van der Waals surface area contributed by atoms with E-state index < -0.39 is 10.0 Å². The first-order chi connectivity index (χ1) is 16.6. The van der Waals surface area contributed by atoms with Crippen molar-refractivity contribution < 1.29 is 13.2 Å². The van der Waals surface area contributed by atoms with Gasteiger partial charge in [-0.05, 0) is 66.4 Å². The fraction of sp³-hybridized carbons (Fsp3) is 0.240. The van der Waals surface area contributed by atoms with E-state index in [9.17, 15) is 13.2 Å². The average molecular weight is 491 g/mol. The summed E-state index contributed by atoms with van der Waals surface area (Å²) < 4.78 is 30.1. The van der Waals surface area contributed by atoms with Crippen molar-refractivity contribution in [3.63, 3.8) is 0 Å². The molecule has 0 unspecified atom stereocenters. The van der Waals surface area contributed by atoms with E-state index in [1.807, 2.05) is 19.2 Å². The summed E-state index contributed by atoms with van der Waals surface area (Å²) in [7, 11) is 1.29. The maximum atomic E-state index is 12.9. The number of nitrogen functional groups attached to an aromatic ring is 1. The Morgan fingerprint density at radius 2 is 1.74 bits per heavy atom. The van der Waals surface area contributed by atoms with Gasteiger partial charge >= 0.3 is 0 Å². The number of hydrogen-bond acceptors (Lipinski definition) is 6. The van der Waals surface area contributed by atoms with Crippen LogP contribution in [0.2, 0.25) is 0 Å². The number of rotatable bonds is 6. The normalized spacial score (nSPS) is 13.7. The van der Waals surface area contributed by atoms with Crippen molar-refractivity contribution in [1.29, 1.82) is 0 Å². The fourth-order valence-corrected chi connectivity index (χ4v) is 5.14. The van der Waals surface area contributed by atoms with Crippen molar-refractivity contribution in [3.05, 3.63) is 65.9 Å². The highest BCUT2D eigenvalue weighted by Crippen LogP contribution is 2.42. The van der Waals surface area contributed by atoms with E-state index in [4.69, 9.17) is 10.7 Å². The van der Waals surface area contributed by atoms with Gasteiger partial charge in [0, 0.05) is 44.0 Å². The highest BCUT2D eigenvalue weighted by Gasteiger charge is 2.27. The molecule has 4 aromatic rings. The largest absolute Gasteiger partial charge is 0.382 e. The second kappa shape index (κ2) is 8.38. The number of anilines is 2. The summed E-state index contributed by atoms with van der Waals surface area (Å²) in [6.45, 7) is 0. The first kappa shape index (κ1) is 22.9. The Bertz CT molecular complexity index is 1540. The van der Waals surface area contributed by atoms with Gasteiger partial charge < -0.3 is 10.6 Å². The minimum absolute atomic E-state index is 0.0740. The van der Waals surface area contributed by atoms with Crippen LogP contribution >= 0.6 is 0 Å². The van der Waals surface area contributed by atoms with E-state index >= 15 is 0 Å². The van der Waals surface area contributed by atoms with E-state index in [2.05, 4.69) is 15.9 Å². The molecule has 0 aliphatic heterocycles. The number of benzene rings is 2. The van der Waals surface area contributed by atoms with Crippen LogP contribution in [0.5, 0.6) is 0 Å². The molecule has 180 valence electrons. The Kier molecular flexibility index (Phi) is 5.47. The van der Waals surface area contributed by atoms with E-state index in [1.165, 1.54) is 29.2 Å². The van der Waals surface area contributed by atoms with Gasteiger partial charge in [0.05, 0.1) is 10.3 Å². The molecule has 5 rings (SSSR count). The van der Waals surface area contributed by atoms with Gasteiger partial charge in [-0.2, -0.15) is 5.10 Å². The summed E-state index contributed by atoms with van der Waals surface area (Å²) in [5.74, 6) is 0.676. The summed E-state index contributed by atoms with van der Waals surface area (Å²) >= 11 is 0. The van der Waals surface area contributed by atoms with Crippen molar-refractivity contribution in [2.24, 2.45) is 7.05 Å². The van der Waals surface area contributed by atoms with Crippen LogP contribution in [0, 0.1) is 0 Å². The van der Waals surface area contributed by atoms with Crippen molar-refractivity contribution in [2.45, 2.75) is 23.7 Å². The Balaban J connectivity index is 1.43. The first-order valence-electron chi connectivity index (χ1n) is 11.2. The van der Waals surface area contributed by atoms with Crippen LogP contribution in [0.25, 0.3) is 22.2 Å². The van der Waals surface area contributed by atoms with E-state index in [0.29, 0.717) is 23.0 Å². The van der Waals surface area contributed by atoms with Crippen LogP contribution in [0.1, 0.15) is 34.8 Å². The Hall–Kier alpha value is -3.92. The quantitative estimate of drug-likeness (QED) is 0.426. The lowest BCUT2D eigenvalue weighted by Crippen LogP contribution is -2.21. The van der Waals surface area contributed by atoms with Gasteiger partial charge in [-0.3, -0.25) is 9.52 Å². The molecular weight excluding hydrogens is 464 g/mol. The number of nitrogens with two attached hydrogens (primary N) is 1. The maximum absolute atomic E-state index is 12.9. The smallest absolute Gasteiger partial charge is 0.261 e. The van der Waals surface area contributed by atoms with Crippen LogP contribution in [0.4, 0.5) is 11.5 Å². The molecule has 35 heavy (non-hydrogen) atoms. The van der Waals surface area contributed by atoms with Crippen molar-refractivity contribution >= 4 is 38.5 Å². The number of carbonyl (C=O) groups excluding carboxylic acids is 1. The molecule has 3 N–H and O–H groups in total. The topological polar surface area (TPSA) is 123 Å². The van der Waals surface area contributed by atoms with E-state index in [-0.39, 0.29) is 10.8 Å². The molecule has 0 bridgehead atoms. The zero-order valence-electron chi connectivity index (χ0n) is 19.7. The third-order valence-electron chi connectivity index (χ3n) is 6.10. The number of hydrogen-bond donors (Lipinski definition) is 2. The summed E-state index contributed by atoms with van der Waals surface area (Å²) in [4.78, 5) is 18.3. The van der Waals surface area contributed by atoms with Crippen molar-refractivity contribution in [2.75, 3.05) is 24.6 Å². The number of fused-ring (bicyclic) bond motifs is 1. The third-order valence-corrected chi connectivity index (χ3v) is 7.50. The van der Waals surface area contributed by atoms with Crippen molar-refractivity contribution in [3.8, 4) is 11.1 Å². The molecule has 1 fully saturated rings. The zero-order valence-corrected chi connectivity index (χ0v) is 20.5. The lowest BCUT2D eigenvalue weighted by Gasteiger charge is -2.12. The summed E-state index contributed by atoms with van der Waals surface area (Å²) in [6, 6.07) is 15.1. The summed E-state index contributed by atoms with van der Waals surface area (Å²) in [5.41, 5.74) is 10.6. The Labute approximate surface area is 203 Å². The highest BCUT2D eigenvalue weighted by molar-refractivity contribution is 7.92. The lowest BCUT2D eigenvalue weighted by molar-refractivity contribution is 0.0827. The second-order valence-electron chi connectivity index (χ2n) is 8.98. The molecule has 1 aliphatic rings. The van der Waals surface area contributed by atoms with Crippen molar-refractivity contribution in [1.82, 2.24) is 19.7 Å². The van der Waals surface area contributed by atoms with Gasteiger partial charge in [0.2, 0.25) is 0 Å². The molecular formula is C25H26N6O3S. The predicted octanol–water partition coefficient (Wildman–Crippen LogP) is 3.60. The van der Waals surface area contributed by atoms with Crippen LogP contribution in [-0.4, -0.2) is 48.1 Å². The molecule has 0 atom stereocenters. The minimum atomic E-state index is -3.82. The number of nitrogens with one attached hydrogen (secondary N) is 1. The molecule has 2 heterocycles. The number of pyridine rings is 1. The predicted molar refractivity (Wildman–Crippen MR) is 136 cm³/mol. The molecule has 0 saturated heterocycles. The van der Waals surface area contributed by atoms with Crippen LogP contribution in [0.15, 0.2) is 59.5 Å². The fourth-order valence-electron chi connectivity index (χ4n) is 4.08. The molecule has 9 nitrogen and oxygen atoms in total. The maximum Gasteiger partial charge on any atom is 0.261 e. The van der Waals surface area contributed by atoms with E-state index in [0.717, 1.165) is 40.7 Å². The SMILES string of the molecule is CN(C)C(=O)c1ccc(S(=O)(=O)Nc2ccc(-c3cc(C4CC4)nc4c3c(N)nn4C)cc2)cc1. The van der Waals surface area contributed by atoms with Gasteiger partial charge in [0.25, 0.3) is 15.9 Å². The van der Waals surface area contributed by atoms with Gasteiger partial charge in [0.1, 0.15) is 0 Å². The lowest BCUT2D eigenvalue weighted by atomic mass is 10.0. The second-order valence-corrected chi connectivity index (χ2v) is 10.7. The number of aryl methyl sites for hydroxylation is 1. The first-order valence-corrected chi connectivity index (χ1v) is 12.7. The molecule has 1 saturated carbocycles. The summed E-state index contributed by atoms with van der Waals surface area (Å²) in [6.07, 6.45) is 2.24. The molecule has 10 heteroatoms. The zero-order chi connectivity index (χ0) is 24.9. The average Bonchev–Trinajstić information content (AvgIpc) is 3.64. The molecule has 0 spiro atoms. The Morgan fingerprint density at radius 1 is 1.09 bits per heavy atom. The Morgan fingerprint density at radius 3 is 2.34 bits per heavy atom. The third kappa shape index (κ3) is 4.32. The van der Waals surface area contributed by atoms with Crippen LogP contribution < -0.4 is 10.5 Å². The van der Waals surface area contributed by atoms with Gasteiger partial charge in [0.15, 0.2) is 11.5 Å². The summed E-state index contributed by atoms with van der Waals surface area (Å²) in [5, 5.41) is 5.13. The molecule has 1 amide bonds. The number of sulfonamides is 1. The number of aromatic nitrogens is 3.